The predicted octanol–water partition coefficient (Wildman–Crippen LogP) is 5.37. The van der Waals surface area contributed by atoms with Crippen molar-refractivity contribution in [1.29, 1.82) is 0 Å². The van der Waals surface area contributed by atoms with Crippen molar-refractivity contribution in [3.63, 3.8) is 0 Å². The SMILES string of the molecule is C=C[C@@](C)(/C=C/c1ccc(OCC(O)OCC)cc1)CCC=C(C)C. The first-order chi connectivity index (χ1) is 11.9. The van der Waals surface area contributed by atoms with Crippen molar-refractivity contribution in [1.82, 2.24) is 0 Å². The monoisotopic (exact) mass is 344 g/mol. The molecule has 0 fully saturated rings. The van der Waals surface area contributed by atoms with Gasteiger partial charge in [0.25, 0.3) is 0 Å². The first-order valence-electron chi connectivity index (χ1n) is 8.87. The van der Waals surface area contributed by atoms with Crippen LogP contribution in [0.3, 0.4) is 0 Å². The molecule has 3 nitrogen and oxygen atoms in total. The number of aliphatic hydroxyl groups excluding tert-OH is 1. The van der Waals surface area contributed by atoms with E-state index in [1.165, 1.54) is 5.57 Å². The normalized spacial score (nSPS) is 14.8. The van der Waals surface area contributed by atoms with Gasteiger partial charge in [0.15, 0.2) is 6.29 Å². The van der Waals surface area contributed by atoms with Gasteiger partial charge < -0.3 is 14.6 Å². The highest BCUT2D eigenvalue weighted by Gasteiger charge is 2.15. The van der Waals surface area contributed by atoms with E-state index in [1.54, 1.807) is 0 Å². The van der Waals surface area contributed by atoms with Gasteiger partial charge in [0.1, 0.15) is 12.4 Å². The summed E-state index contributed by atoms with van der Waals surface area (Å²) in [7, 11) is 0. The molecule has 0 saturated carbocycles. The quantitative estimate of drug-likeness (QED) is 0.433. The number of ether oxygens (including phenoxy) is 2. The Morgan fingerprint density at radius 1 is 1.28 bits per heavy atom. The van der Waals surface area contributed by atoms with Gasteiger partial charge in [-0.15, -0.1) is 6.58 Å². The van der Waals surface area contributed by atoms with E-state index in [2.05, 4.69) is 45.6 Å². The first-order valence-corrected chi connectivity index (χ1v) is 8.87. The van der Waals surface area contributed by atoms with E-state index < -0.39 is 6.29 Å². The fourth-order valence-electron chi connectivity index (χ4n) is 2.30. The van der Waals surface area contributed by atoms with Gasteiger partial charge in [0, 0.05) is 12.0 Å². The van der Waals surface area contributed by atoms with E-state index in [-0.39, 0.29) is 12.0 Å². The second-order valence-electron chi connectivity index (χ2n) is 6.65. The van der Waals surface area contributed by atoms with Crippen molar-refractivity contribution in [2.75, 3.05) is 13.2 Å². The van der Waals surface area contributed by atoms with E-state index >= 15 is 0 Å². The van der Waals surface area contributed by atoms with Crippen LogP contribution >= 0.6 is 0 Å². The molecule has 0 saturated heterocycles. The summed E-state index contributed by atoms with van der Waals surface area (Å²) in [6, 6.07) is 7.79. The van der Waals surface area contributed by atoms with E-state index in [1.807, 2.05) is 37.3 Å². The van der Waals surface area contributed by atoms with Gasteiger partial charge in [0.05, 0.1) is 0 Å². The zero-order valence-electron chi connectivity index (χ0n) is 16.0. The third-order valence-corrected chi connectivity index (χ3v) is 3.99. The van der Waals surface area contributed by atoms with Crippen LogP contribution in [0, 0.1) is 5.41 Å². The van der Waals surface area contributed by atoms with Crippen LogP contribution in [0.2, 0.25) is 0 Å². The van der Waals surface area contributed by atoms with Crippen molar-refractivity contribution >= 4 is 6.08 Å². The topological polar surface area (TPSA) is 38.7 Å². The Hall–Kier alpha value is -1.84. The fourth-order valence-corrected chi connectivity index (χ4v) is 2.30. The van der Waals surface area contributed by atoms with Crippen LogP contribution in [0.1, 0.15) is 46.1 Å². The van der Waals surface area contributed by atoms with Crippen molar-refractivity contribution < 1.29 is 14.6 Å². The first kappa shape index (κ1) is 21.2. The Bertz CT molecular complexity index is 567. The van der Waals surface area contributed by atoms with E-state index in [4.69, 9.17) is 9.47 Å². The van der Waals surface area contributed by atoms with Gasteiger partial charge >= 0.3 is 0 Å². The zero-order chi connectivity index (χ0) is 18.7. The van der Waals surface area contributed by atoms with Crippen molar-refractivity contribution in [3.05, 3.63) is 60.2 Å². The molecule has 3 heteroatoms. The summed E-state index contributed by atoms with van der Waals surface area (Å²) in [6.45, 7) is 12.9. The highest BCUT2D eigenvalue weighted by atomic mass is 16.6. The summed E-state index contributed by atoms with van der Waals surface area (Å²) >= 11 is 0. The number of hydrogen-bond acceptors (Lipinski definition) is 3. The smallest absolute Gasteiger partial charge is 0.189 e. The molecule has 1 N–H and O–H groups in total. The van der Waals surface area contributed by atoms with E-state index in [0.717, 1.165) is 18.4 Å². The Morgan fingerprint density at radius 3 is 2.52 bits per heavy atom. The van der Waals surface area contributed by atoms with Crippen LogP contribution in [-0.2, 0) is 4.74 Å². The molecular formula is C22H32O3. The molecule has 25 heavy (non-hydrogen) atoms. The highest BCUT2D eigenvalue weighted by molar-refractivity contribution is 5.52. The van der Waals surface area contributed by atoms with Crippen LogP contribution in [0.15, 0.2) is 54.6 Å². The number of allylic oxidation sites excluding steroid dienone is 4. The van der Waals surface area contributed by atoms with Gasteiger partial charge in [-0.1, -0.05) is 48.9 Å². The summed E-state index contributed by atoms with van der Waals surface area (Å²) in [5.41, 5.74) is 2.43. The average molecular weight is 344 g/mol. The minimum atomic E-state index is -0.890. The van der Waals surface area contributed by atoms with Gasteiger partial charge in [-0.3, -0.25) is 0 Å². The average Bonchev–Trinajstić information content (AvgIpc) is 2.59. The van der Waals surface area contributed by atoms with Gasteiger partial charge in [-0.2, -0.15) is 0 Å². The zero-order valence-corrected chi connectivity index (χ0v) is 16.0. The predicted molar refractivity (Wildman–Crippen MR) is 106 cm³/mol. The third-order valence-electron chi connectivity index (χ3n) is 3.99. The molecule has 1 aromatic carbocycles. The molecule has 1 unspecified atom stereocenters. The Balaban J connectivity index is 2.61. The lowest BCUT2D eigenvalue weighted by molar-refractivity contribution is -0.115. The standard InChI is InChI=1S/C22H32O3/c1-6-22(5,15-8-9-18(3)4)16-14-19-10-12-20(13-11-19)25-17-21(23)24-7-2/h6,9-14,16,21,23H,1,7-8,15,17H2,2-5H3/b16-14+/t21?,22-/m1/s1. The lowest BCUT2D eigenvalue weighted by Gasteiger charge is -2.20. The highest BCUT2D eigenvalue weighted by Crippen LogP contribution is 2.28. The van der Waals surface area contributed by atoms with Gasteiger partial charge in [0.2, 0.25) is 0 Å². The molecular weight excluding hydrogens is 312 g/mol. The molecule has 0 aliphatic carbocycles. The summed E-state index contributed by atoms with van der Waals surface area (Å²) in [5, 5.41) is 9.50. The van der Waals surface area contributed by atoms with Crippen LogP contribution in [0.4, 0.5) is 0 Å². The molecule has 0 radical (unpaired) electrons. The number of benzene rings is 1. The molecule has 0 bridgehead atoms. The third kappa shape index (κ3) is 8.71. The van der Waals surface area contributed by atoms with Crippen molar-refractivity contribution in [2.45, 2.75) is 46.8 Å². The Kier molecular flexibility index (Phi) is 9.25. The number of rotatable bonds is 11. The Labute approximate surface area is 152 Å². The van der Waals surface area contributed by atoms with Crippen molar-refractivity contribution in [2.24, 2.45) is 5.41 Å². The number of aliphatic hydroxyl groups is 1. The van der Waals surface area contributed by atoms with Gasteiger partial charge in [-0.25, -0.2) is 0 Å². The lowest BCUT2D eigenvalue weighted by Crippen LogP contribution is -2.20. The van der Waals surface area contributed by atoms with Crippen LogP contribution in [-0.4, -0.2) is 24.6 Å². The minimum Gasteiger partial charge on any atom is -0.488 e. The molecule has 0 aromatic heterocycles. The lowest BCUT2D eigenvalue weighted by atomic mass is 9.84. The largest absolute Gasteiger partial charge is 0.488 e. The maximum Gasteiger partial charge on any atom is 0.189 e. The second-order valence-corrected chi connectivity index (χ2v) is 6.65. The molecule has 0 spiro atoms. The fraction of sp³-hybridized carbons (Fsp3) is 0.455. The van der Waals surface area contributed by atoms with Gasteiger partial charge in [-0.05, 0) is 51.3 Å². The molecule has 0 aliphatic rings. The molecule has 0 amide bonds. The molecule has 2 atom stereocenters. The molecule has 0 aliphatic heterocycles. The van der Waals surface area contributed by atoms with E-state index in [0.29, 0.717) is 12.4 Å². The summed E-state index contributed by atoms with van der Waals surface area (Å²) in [6.07, 6.45) is 9.78. The molecule has 138 valence electrons. The summed E-state index contributed by atoms with van der Waals surface area (Å²) in [4.78, 5) is 0. The van der Waals surface area contributed by atoms with Crippen LogP contribution in [0.25, 0.3) is 6.08 Å². The second kappa shape index (κ2) is 10.9. The van der Waals surface area contributed by atoms with Crippen molar-refractivity contribution in [3.8, 4) is 5.75 Å². The van der Waals surface area contributed by atoms with Crippen LogP contribution in [0.5, 0.6) is 5.75 Å². The van der Waals surface area contributed by atoms with E-state index in [9.17, 15) is 5.11 Å². The maximum atomic E-state index is 9.50. The molecule has 0 heterocycles. The minimum absolute atomic E-state index is 0.0251. The Morgan fingerprint density at radius 2 is 1.96 bits per heavy atom. The summed E-state index contributed by atoms with van der Waals surface area (Å²) < 4.78 is 10.5. The molecule has 1 aromatic rings. The maximum absolute atomic E-state index is 9.50. The summed E-state index contributed by atoms with van der Waals surface area (Å²) in [5.74, 6) is 0.714. The number of hydrogen-bond donors (Lipinski definition) is 1. The van der Waals surface area contributed by atoms with Crippen LogP contribution < -0.4 is 4.74 Å². The molecule has 1 rings (SSSR count).